The van der Waals surface area contributed by atoms with E-state index in [2.05, 4.69) is 62.5 Å². The van der Waals surface area contributed by atoms with E-state index in [1.165, 1.54) is 5.56 Å². The van der Waals surface area contributed by atoms with Gasteiger partial charge in [-0.15, -0.1) is 0 Å². The van der Waals surface area contributed by atoms with Crippen LogP contribution >= 0.6 is 0 Å². The van der Waals surface area contributed by atoms with Crippen LogP contribution in [0.4, 0.5) is 0 Å². The fraction of sp³-hybridized carbons (Fsp3) is 0.273. The van der Waals surface area contributed by atoms with E-state index in [0.717, 1.165) is 16.3 Å². The Kier molecular flexibility index (Phi) is 4.86. The number of hydrogen-bond donors (Lipinski definition) is 2. The lowest BCUT2D eigenvalue weighted by Gasteiger charge is -2.29. The largest absolute Gasteiger partial charge is 0.508 e. The van der Waals surface area contributed by atoms with Gasteiger partial charge in [0.15, 0.2) is 0 Å². The van der Waals surface area contributed by atoms with Crippen LogP contribution in [0.5, 0.6) is 5.75 Å². The zero-order chi connectivity index (χ0) is 17.1. The van der Waals surface area contributed by atoms with Crippen LogP contribution < -0.4 is 5.32 Å². The van der Waals surface area contributed by atoms with Gasteiger partial charge in [0.1, 0.15) is 5.75 Å². The summed E-state index contributed by atoms with van der Waals surface area (Å²) >= 11 is 0. The summed E-state index contributed by atoms with van der Waals surface area (Å²) < 4.78 is 0. The summed E-state index contributed by atoms with van der Waals surface area (Å²) in [7, 11) is 0. The molecule has 24 heavy (non-hydrogen) atoms. The fourth-order valence-electron chi connectivity index (χ4n) is 3.33. The second kappa shape index (κ2) is 7.06. The van der Waals surface area contributed by atoms with E-state index in [1.54, 1.807) is 0 Å². The molecule has 2 nitrogen and oxygen atoms in total. The Morgan fingerprint density at radius 3 is 2.17 bits per heavy atom. The first-order valence-electron chi connectivity index (χ1n) is 8.59. The number of aromatic hydroxyl groups is 1. The Morgan fingerprint density at radius 1 is 0.792 bits per heavy atom. The van der Waals surface area contributed by atoms with Gasteiger partial charge in [-0.05, 0) is 35.2 Å². The Hall–Kier alpha value is -2.32. The van der Waals surface area contributed by atoms with Gasteiger partial charge in [-0.1, -0.05) is 74.5 Å². The zero-order valence-corrected chi connectivity index (χ0v) is 14.5. The molecule has 2 N–H and O–H groups in total. The third kappa shape index (κ3) is 3.29. The first-order valence-corrected chi connectivity index (χ1v) is 8.59. The lowest BCUT2D eigenvalue weighted by atomic mass is 9.89. The smallest absolute Gasteiger partial charge is 0.121 e. The normalized spacial score (nSPS) is 14.0. The number of phenols is 1. The minimum Gasteiger partial charge on any atom is -0.508 e. The summed E-state index contributed by atoms with van der Waals surface area (Å²) in [5, 5.41) is 16.6. The molecule has 0 aliphatic heterocycles. The predicted molar refractivity (Wildman–Crippen MR) is 101 cm³/mol. The van der Waals surface area contributed by atoms with Crippen molar-refractivity contribution in [3.63, 3.8) is 0 Å². The van der Waals surface area contributed by atoms with Crippen molar-refractivity contribution in [1.82, 2.24) is 5.32 Å². The molecule has 3 aromatic rings. The SMILES string of the molecule is CC(C)[C@@H](N[C@@H](C)c1ccccc1)c1c(O)ccc2ccccc12. The maximum atomic E-state index is 10.6. The Labute approximate surface area is 144 Å². The first kappa shape index (κ1) is 16.5. The Balaban J connectivity index is 2.02. The van der Waals surface area contributed by atoms with E-state index in [4.69, 9.17) is 0 Å². The van der Waals surface area contributed by atoms with Crippen molar-refractivity contribution in [2.45, 2.75) is 32.9 Å². The molecule has 0 bridgehead atoms. The van der Waals surface area contributed by atoms with Crippen LogP contribution in [0.25, 0.3) is 10.8 Å². The van der Waals surface area contributed by atoms with E-state index in [9.17, 15) is 5.11 Å². The lowest BCUT2D eigenvalue weighted by molar-refractivity contribution is 0.361. The summed E-state index contributed by atoms with van der Waals surface area (Å²) in [5.74, 6) is 0.716. The molecule has 0 spiro atoms. The first-order chi connectivity index (χ1) is 11.6. The molecule has 3 aromatic carbocycles. The highest BCUT2D eigenvalue weighted by atomic mass is 16.3. The standard InChI is InChI=1S/C22H25NO/c1-15(2)22(23-16(3)17-9-5-4-6-10-17)21-19-12-8-7-11-18(19)13-14-20(21)24/h4-16,22-24H,1-3H3/t16-,22+/m0/s1. The summed E-state index contributed by atoms with van der Waals surface area (Å²) in [6.45, 7) is 6.56. The van der Waals surface area contributed by atoms with Gasteiger partial charge in [-0.3, -0.25) is 0 Å². The highest BCUT2D eigenvalue weighted by Crippen LogP contribution is 2.37. The third-order valence-corrected chi connectivity index (χ3v) is 4.65. The van der Waals surface area contributed by atoms with Crippen molar-refractivity contribution in [2.24, 2.45) is 5.92 Å². The molecule has 0 aromatic heterocycles. The maximum Gasteiger partial charge on any atom is 0.121 e. The van der Waals surface area contributed by atoms with Crippen LogP contribution in [0, 0.1) is 5.92 Å². The number of fused-ring (bicyclic) bond motifs is 1. The quantitative estimate of drug-likeness (QED) is 0.642. The second-order valence-corrected chi connectivity index (χ2v) is 6.74. The summed E-state index contributed by atoms with van der Waals surface area (Å²) in [6, 6.07) is 22.8. The van der Waals surface area contributed by atoms with E-state index < -0.39 is 0 Å². The molecule has 0 amide bonds. The van der Waals surface area contributed by atoms with Gasteiger partial charge >= 0.3 is 0 Å². The number of rotatable bonds is 5. The maximum absolute atomic E-state index is 10.6. The van der Waals surface area contributed by atoms with Crippen molar-refractivity contribution < 1.29 is 5.11 Å². The molecule has 0 fully saturated rings. The Morgan fingerprint density at radius 2 is 1.46 bits per heavy atom. The summed E-state index contributed by atoms with van der Waals surface area (Å²) in [4.78, 5) is 0. The topological polar surface area (TPSA) is 32.3 Å². The lowest BCUT2D eigenvalue weighted by Crippen LogP contribution is -2.28. The molecule has 0 saturated carbocycles. The van der Waals surface area contributed by atoms with E-state index in [-0.39, 0.29) is 12.1 Å². The van der Waals surface area contributed by atoms with Crippen molar-refractivity contribution in [3.8, 4) is 5.75 Å². The Bertz CT molecular complexity index is 811. The van der Waals surface area contributed by atoms with Gasteiger partial charge in [0.2, 0.25) is 0 Å². The molecule has 2 heteroatoms. The summed E-state index contributed by atoms with van der Waals surface area (Å²) in [5.41, 5.74) is 2.24. The fourth-order valence-corrected chi connectivity index (χ4v) is 3.33. The van der Waals surface area contributed by atoms with Gasteiger partial charge in [0, 0.05) is 17.6 Å². The molecule has 124 valence electrons. The molecule has 0 radical (unpaired) electrons. The number of benzene rings is 3. The van der Waals surface area contributed by atoms with Crippen LogP contribution in [0.2, 0.25) is 0 Å². The molecule has 0 aliphatic carbocycles. The number of hydrogen-bond acceptors (Lipinski definition) is 2. The molecule has 2 atom stereocenters. The van der Waals surface area contributed by atoms with Gasteiger partial charge in [0.05, 0.1) is 0 Å². The van der Waals surface area contributed by atoms with E-state index in [0.29, 0.717) is 11.7 Å². The monoisotopic (exact) mass is 319 g/mol. The average Bonchev–Trinajstić information content (AvgIpc) is 2.60. The second-order valence-electron chi connectivity index (χ2n) is 6.74. The van der Waals surface area contributed by atoms with Crippen LogP contribution in [0.15, 0.2) is 66.7 Å². The number of phenolic OH excluding ortho intramolecular Hbond substituents is 1. The average molecular weight is 319 g/mol. The van der Waals surface area contributed by atoms with Crippen LogP contribution in [-0.4, -0.2) is 5.11 Å². The van der Waals surface area contributed by atoms with Crippen molar-refractivity contribution >= 4 is 10.8 Å². The number of nitrogens with one attached hydrogen (secondary N) is 1. The van der Waals surface area contributed by atoms with Gasteiger partial charge < -0.3 is 10.4 Å². The highest BCUT2D eigenvalue weighted by molar-refractivity contribution is 5.88. The van der Waals surface area contributed by atoms with E-state index in [1.807, 2.05) is 30.3 Å². The predicted octanol–water partition coefficient (Wildman–Crippen LogP) is 5.59. The molecule has 0 heterocycles. The molecule has 0 aliphatic rings. The molecule has 3 rings (SSSR count). The molecular formula is C22H25NO. The van der Waals surface area contributed by atoms with Crippen LogP contribution in [-0.2, 0) is 0 Å². The minimum absolute atomic E-state index is 0.0753. The highest BCUT2D eigenvalue weighted by Gasteiger charge is 2.23. The van der Waals surface area contributed by atoms with Gasteiger partial charge in [-0.2, -0.15) is 0 Å². The third-order valence-electron chi connectivity index (χ3n) is 4.65. The molecule has 0 unspecified atom stereocenters. The zero-order valence-electron chi connectivity index (χ0n) is 14.5. The van der Waals surface area contributed by atoms with Crippen molar-refractivity contribution in [2.75, 3.05) is 0 Å². The summed E-state index contributed by atoms with van der Waals surface area (Å²) in [6.07, 6.45) is 0. The van der Waals surface area contributed by atoms with Crippen molar-refractivity contribution in [3.05, 3.63) is 77.9 Å². The molecular weight excluding hydrogens is 294 g/mol. The van der Waals surface area contributed by atoms with Gasteiger partial charge in [-0.25, -0.2) is 0 Å². The van der Waals surface area contributed by atoms with Gasteiger partial charge in [0.25, 0.3) is 0 Å². The van der Waals surface area contributed by atoms with Crippen LogP contribution in [0.1, 0.15) is 44.0 Å². The van der Waals surface area contributed by atoms with Crippen molar-refractivity contribution in [1.29, 1.82) is 0 Å². The van der Waals surface area contributed by atoms with E-state index >= 15 is 0 Å². The molecule has 0 saturated heterocycles. The minimum atomic E-state index is 0.0753. The van der Waals surface area contributed by atoms with Crippen LogP contribution in [0.3, 0.4) is 0 Å².